The van der Waals surface area contributed by atoms with Crippen LogP contribution in [0, 0.1) is 6.92 Å². The third-order valence-corrected chi connectivity index (χ3v) is 5.66. The Kier molecular flexibility index (Phi) is 7.04. The normalized spacial score (nSPS) is 10.5. The molecule has 0 fully saturated rings. The summed E-state index contributed by atoms with van der Waals surface area (Å²) in [4.78, 5) is 37.8. The molecule has 34 heavy (non-hydrogen) atoms. The number of esters is 1. The molecule has 11 heteroatoms. The van der Waals surface area contributed by atoms with E-state index in [-0.39, 0.29) is 10.8 Å². The lowest BCUT2D eigenvalue weighted by Crippen LogP contribution is -2.26. The number of para-hydroxylation sites is 1. The van der Waals surface area contributed by atoms with E-state index in [1.54, 1.807) is 35.7 Å². The van der Waals surface area contributed by atoms with Crippen LogP contribution in [0.3, 0.4) is 0 Å². The SMILES string of the molecule is Cc1ccc(CNC(=O)c2ccccc2NC(=O)COC(=O)c2sccc2-n2cnnn2)cc1. The Morgan fingerprint density at radius 3 is 2.62 bits per heavy atom. The molecule has 0 saturated heterocycles. The molecular formula is C23H20N6O4S. The van der Waals surface area contributed by atoms with Crippen molar-refractivity contribution in [2.45, 2.75) is 13.5 Å². The first-order valence-electron chi connectivity index (χ1n) is 10.2. The molecule has 2 N–H and O–H groups in total. The molecule has 172 valence electrons. The fourth-order valence-corrected chi connectivity index (χ4v) is 3.83. The molecule has 4 aromatic rings. The molecule has 10 nitrogen and oxygen atoms in total. The lowest BCUT2D eigenvalue weighted by Gasteiger charge is -2.12. The van der Waals surface area contributed by atoms with Gasteiger partial charge in [-0.15, -0.1) is 16.4 Å². The van der Waals surface area contributed by atoms with Gasteiger partial charge in [-0.3, -0.25) is 9.59 Å². The lowest BCUT2D eigenvalue weighted by molar-refractivity contribution is -0.119. The van der Waals surface area contributed by atoms with E-state index in [1.165, 1.54) is 11.0 Å². The average molecular weight is 477 g/mol. The molecule has 0 aliphatic heterocycles. The summed E-state index contributed by atoms with van der Waals surface area (Å²) < 4.78 is 6.48. The zero-order valence-electron chi connectivity index (χ0n) is 18.1. The minimum Gasteiger partial charge on any atom is -0.451 e. The van der Waals surface area contributed by atoms with Crippen molar-refractivity contribution in [1.29, 1.82) is 0 Å². The smallest absolute Gasteiger partial charge is 0.351 e. The van der Waals surface area contributed by atoms with E-state index >= 15 is 0 Å². The van der Waals surface area contributed by atoms with E-state index in [0.717, 1.165) is 22.5 Å². The van der Waals surface area contributed by atoms with Gasteiger partial charge in [0, 0.05) is 6.54 Å². The fraction of sp³-hybridized carbons (Fsp3) is 0.130. The number of tetrazole rings is 1. The molecule has 0 aliphatic carbocycles. The first-order chi connectivity index (χ1) is 16.5. The Morgan fingerprint density at radius 2 is 1.85 bits per heavy atom. The van der Waals surface area contributed by atoms with E-state index in [4.69, 9.17) is 4.74 Å². The zero-order valence-corrected chi connectivity index (χ0v) is 18.9. The molecule has 2 heterocycles. The zero-order chi connectivity index (χ0) is 23.9. The number of aromatic nitrogens is 4. The minimum absolute atomic E-state index is 0.260. The van der Waals surface area contributed by atoms with Crippen molar-refractivity contribution in [3.8, 4) is 5.69 Å². The summed E-state index contributed by atoms with van der Waals surface area (Å²) in [6.45, 7) is 1.82. The number of nitrogens with one attached hydrogen (secondary N) is 2. The monoisotopic (exact) mass is 476 g/mol. The quantitative estimate of drug-likeness (QED) is 0.374. The van der Waals surface area contributed by atoms with Crippen LogP contribution >= 0.6 is 11.3 Å². The van der Waals surface area contributed by atoms with Crippen molar-refractivity contribution in [1.82, 2.24) is 25.5 Å². The van der Waals surface area contributed by atoms with E-state index in [2.05, 4.69) is 26.2 Å². The Bertz CT molecular complexity index is 1300. The van der Waals surface area contributed by atoms with E-state index in [0.29, 0.717) is 23.5 Å². The van der Waals surface area contributed by atoms with Gasteiger partial charge < -0.3 is 15.4 Å². The molecule has 0 saturated carbocycles. The second-order valence-corrected chi connectivity index (χ2v) is 8.14. The summed E-state index contributed by atoms with van der Waals surface area (Å²) >= 11 is 1.15. The van der Waals surface area contributed by atoms with Crippen LogP contribution in [0.4, 0.5) is 5.69 Å². The Balaban J connectivity index is 1.35. The van der Waals surface area contributed by atoms with E-state index < -0.39 is 18.5 Å². The predicted molar refractivity (Wildman–Crippen MR) is 125 cm³/mol. The molecule has 2 amide bonds. The number of carbonyl (C=O) groups is 3. The summed E-state index contributed by atoms with van der Waals surface area (Å²) in [7, 11) is 0. The number of nitrogens with zero attached hydrogens (tertiary/aromatic N) is 4. The highest BCUT2D eigenvalue weighted by Gasteiger charge is 2.19. The summed E-state index contributed by atoms with van der Waals surface area (Å²) in [6.07, 6.45) is 1.35. The molecule has 0 spiro atoms. The van der Waals surface area contributed by atoms with Crippen LogP contribution in [-0.2, 0) is 16.1 Å². The second-order valence-electron chi connectivity index (χ2n) is 7.23. The number of ether oxygens (including phenoxy) is 1. The molecule has 2 aromatic carbocycles. The van der Waals surface area contributed by atoms with Crippen LogP contribution in [0.2, 0.25) is 0 Å². The standard InChI is InChI=1S/C23H20N6O4S/c1-15-6-8-16(9-7-15)12-24-22(31)17-4-2-3-5-18(17)26-20(30)13-33-23(32)21-19(10-11-34-21)29-14-25-27-28-29/h2-11,14H,12-13H2,1H3,(H,24,31)(H,26,30). The largest absolute Gasteiger partial charge is 0.451 e. The maximum Gasteiger partial charge on any atom is 0.351 e. The van der Waals surface area contributed by atoms with Crippen LogP contribution < -0.4 is 10.6 Å². The van der Waals surface area contributed by atoms with Gasteiger partial charge in [-0.2, -0.15) is 4.68 Å². The Hall–Kier alpha value is -4.38. The van der Waals surface area contributed by atoms with Crippen LogP contribution in [0.1, 0.15) is 31.2 Å². The predicted octanol–water partition coefficient (Wildman–Crippen LogP) is 2.76. The number of anilines is 1. The number of hydrogen-bond donors (Lipinski definition) is 2. The average Bonchev–Trinajstić information content (AvgIpc) is 3.54. The van der Waals surface area contributed by atoms with Crippen molar-refractivity contribution in [2.75, 3.05) is 11.9 Å². The van der Waals surface area contributed by atoms with Crippen molar-refractivity contribution in [2.24, 2.45) is 0 Å². The summed E-state index contributed by atoms with van der Waals surface area (Å²) in [5, 5.41) is 18.0. The van der Waals surface area contributed by atoms with Crippen molar-refractivity contribution >= 4 is 34.8 Å². The van der Waals surface area contributed by atoms with Gasteiger partial charge in [0.2, 0.25) is 0 Å². The highest BCUT2D eigenvalue weighted by Crippen LogP contribution is 2.21. The van der Waals surface area contributed by atoms with Crippen LogP contribution in [0.15, 0.2) is 66.3 Å². The van der Waals surface area contributed by atoms with Gasteiger partial charge in [0.1, 0.15) is 11.2 Å². The lowest BCUT2D eigenvalue weighted by atomic mass is 10.1. The summed E-state index contributed by atoms with van der Waals surface area (Å²) in [5.74, 6) is -1.59. The van der Waals surface area contributed by atoms with Gasteiger partial charge in [0.25, 0.3) is 11.8 Å². The molecule has 0 radical (unpaired) electrons. The van der Waals surface area contributed by atoms with Gasteiger partial charge in [-0.25, -0.2) is 4.79 Å². The molecule has 4 rings (SSSR count). The fourth-order valence-electron chi connectivity index (χ4n) is 3.06. The van der Waals surface area contributed by atoms with Gasteiger partial charge in [0.15, 0.2) is 6.61 Å². The summed E-state index contributed by atoms with van der Waals surface area (Å²) in [6, 6.07) is 16.1. The molecule has 0 unspecified atom stereocenters. The van der Waals surface area contributed by atoms with Gasteiger partial charge in [0.05, 0.1) is 16.9 Å². The molecule has 2 aromatic heterocycles. The number of aryl methyl sites for hydroxylation is 1. The van der Waals surface area contributed by atoms with Gasteiger partial charge in [-0.1, -0.05) is 42.0 Å². The van der Waals surface area contributed by atoms with E-state index in [1.807, 2.05) is 31.2 Å². The Labute approximate surface area is 198 Å². The first kappa shape index (κ1) is 22.8. The van der Waals surface area contributed by atoms with Crippen molar-refractivity contribution < 1.29 is 19.1 Å². The van der Waals surface area contributed by atoms with Gasteiger partial charge in [-0.05, 0) is 46.5 Å². The number of thiophene rings is 1. The van der Waals surface area contributed by atoms with Crippen LogP contribution in [0.25, 0.3) is 5.69 Å². The highest BCUT2D eigenvalue weighted by molar-refractivity contribution is 7.12. The third kappa shape index (κ3) is 5.51. The van der Waals surface area contributed by atoms with Crippen LogP contribution in [0.5, 0.6) is 0 Å². The third-order valence-electron chi connectivity index (χ3n) is 4.78. The Morgan fingerprint density at radius 1 is 1.06 bits per heavy atom. The highest BCUT2D eigenvalue weighted by atomic mass is 32.1. The molecule has 0 atom stereocenters. The summed E-state index contributed by atoms with van der Waals surface area (Å²) in [5.41, 5.74) is 3.16. The van der Waals surface area contributed by atoms with Gasteiger partial charge >= 0.3 is 5.97 Å². The van der Waals surface area contributed by atoms with E-state index in [9.17, 15) is 14.4 Å². The molecule has 0 aliphatic rings. The topological polar surface area (TPSA) is 128 Å². The first-order valence-corrected chi connectivity index (χ1v) is 11.1. The molecule has 0 bridgehead atoms. The number of amides is 2. The van der Waals surface area contributed by atoms with Crippen LogP contribution in [-0.4, -0.2) is 44.6 Å². The number of carbonyl (C=O) groups excluding carboxylic acids is 3. The maximum atomic E-state index is 12.7. The van der Waals surface area contributed by atoms with Crippen molar-refractivity contribution in [3.63, 3.8) is 0 Å². The minimum atomic E-state index is -0.681. The number of rotatable bonds is 8. The number of benzene rings is 2. The maximum absolute atomic E-state index is 12.7. The molecular weight excluding hydrogens is 456 g/mol. The van der Waals surface area contributed by atoms with Crippen molar-refractivity contribution in [3.05, 3.63) is 87.9 Å². The number of hydrogen-bond acceptors (Lipinski definition) is 8. The second kappa shape index (κ2) is 10.5.